The lowest BCUT2D eigenvalue weighted by Crippen LogP contribution is -2.52. The molecule has 0 aliphatic carbocycles. The summed E-state index contributed by atoms with van der Waals surface area (Å²) in [5.74, 6) is -0.0756. The van der Waals surface area contributed by atoms with Gasteiger partial charge >= 0.3 is 0 Å². The van der Waals surface area contributed by atoms with Crippen molar-refractivity contribution in [3.05, 3.63) is 0 Å². The van der Waals surface area contributed by atoms with E-state index in [1.807, 2.05) is 13.8 Å². The number of amides is 1. The van der Waals surface area contributed by atoms with Crippen molar-refractivity contribution in [2.75, 3.05) is 13.2 Å². The summed E-state index contributed by atoms with van der Waals surface area (Å²) in [6, 6.07) is 0.279. The third kappa shape index (κ3) is 1.81. The van der Waals surface area contributed by atoms with Crippen LogP contribution < -0.4 is 0 Å². The first-order chi connectivity index (χ1) is 5.66. The summed E-state index contributed by atoms with van der Waals surface area (Å²) >= 11 is 4.60. The number of hydrogen-bond acceptors (Lipinski definition) is 3. The molecule has 1 fully saturated rings. The maximum Gasteiger partial charge on any atom is 0.258 e. The van der Waals surface area contributed by atoms with Crippen molar-refractivity contribution >= 4 is 23.5 Å². The average Bonchev–Trinajstić information content (AvgIpc) is 2.03. The van der Waals surface area contributed by atoms with E-state index in [0.29, 0.717) is 13.2 Å². The molecule has 2 atom stereocenters. The molecule has 3 nitrogen and oxygen atoms in total. The molecule has 0 aromatic carbocycles. The van der Waals surface area contributed by atoms with E-state index in [4.69, 9.17) is 4.74 Å². The van der Waals surface area contributed by atoms with Gasteiger partial charge in [-0.3, -0.25) is 4.79 Å². The minimum absolute atomic E-state index is 0.0756. The highest BCUT2D eigenvalue weighted by Gasteiger charge is 2.27. The molecule has 68 valence electrons. The Bertz CT molecular complexity index is 185. The number of morpholine rings is 1. The van der Waals surface area contributed by atoms with E-state index in [1.54, 1.807) is 4.90 Å². The van der Waals surface area contributed by atoms with Crippen molar-refractivity contribution in [3.63, 3.8) is 0 Å². The van der Waals surface area contributed by atoms with Crippen molar-refractivity contribution in [2.45, 2.75) is 25.9 Å². The first-order valence-electron chi connectivity index (χ1n) is 4.02. The third-order valence-electron chi connectivity index (χ3n) is 2.02. The van der Waals surface area contributed by atoms with Gasteiger partial charge in [0.2, 0.25) is 0 Å². The number of rotatable bonds is 1. The van der Waals surface area contributed by atoms with Gasteiger partial charge in [0.25, 0.3) is 5.91 Å². The molecular weight excluding hydrogens is 174 g/mol. The first-order valence-corrected chi connectivity index (χ1v) is 4.49. The lowest BCUT2D eigenvalue weighted by Gasteiger charge is -2.37. The fourth-order valence-corrected chi connectivity index (χ4v) is 1.62. The molecule has 0 bridgehead atoms. The van der Waals surface area contributed by atoms with Crippen LogP contribution in [0.1, 0.15) is 13.8 Å². The van der Waals surface area contributed by atoms with E-state index in [2.05, 4.69) is 12.2 Å². The van der Waals surface area contributed by atoms with E-state index >= 15 is 0 Å². The summed E-state index contributed by atoms with van der Waals surface area (Å²) in [6.07, 6.45) is 0. The third-order valence-corrected chi connectivity index (χ3v) is 2.22. The van der Waals surface area contributed by atoms with E-state index in [0.717, 1.165) is 0 Å². The van der Waals surface area contributed by atoms with Crippen LogP contribution in [0.5, 0.6) is 0 Å². The fraction of sp³-hybridized carbons (Fsp3) is 0.750. The molecule has 0 N–H and O–H groups in total. The molecule has 0 radical (unpaired) electrons. The lowest BCUT2D eigenvalue weighted by atomic mass is 10.2. The SMILES string of the molecule is CC1COCC(C)N1C(=O)C=S. The molecule has 1 amide bonds. The molecule has 0 saturated carbocycles. The monoisotopic (exact) mass is 187 g/mol. The van der Waals surface area contributed by atoms with Gasteiger partial charge in [-0.2, -0.15) is 0 Å². The maximum absolute atomic E-state index is 11.3. The van der Waals surface area contributed by atoms with Crippen LogP contribution >= 0.6 is 12.2 Å². The molecule has 0 spiro atoms. The van der Waals surface area contributed by atoms with Gasteiger partial charge in [-0.25, -0.2) is 0 Å². The quantitative estimate of drug-likeness (QED) is 0.564. The van der Waals surface area contributed by atoms with Crippen LogP contribution in [0.25, 0.3) is 0 Å². The molecule has 4 heteroatoms. The van der Waals surface area contributed by atoms with E-state index in [1.165, 1.54) is 5.37 Å². The molecule has 0 aromatic heterocycles. The predicted octanol–water partition coefficient (Wildman–Crippen LogP) is 0.622. The van der Waals surface area contributed by atoms with Gasteiger partial charge in [0.05, 0.1) is 30.7 Å². The van der Waals surface area contributed by atoms with Crippen LogP contribution in [-0.4, -0.2) is 41.5 Å². The highest BCUT2D eigenvalue weighted by molar-refractivity contribution is 7.80. The predicted molar refractivity (Wildman–Crippen MR) is 50.2 cm³/mol. The number of thiocarbonyl (C=S) groups is 1. The molecule has 1 aliphatic heterocycles. The number of carbonyl (C=O) groups is 1. The van der Waals surface area contributed by atoms with Crippen molar-refractivity contribution in [3.8, 4) is 0 Å². The molecule has 1 heterocycles. The van der Waals surface area contributed by atoms with Crippen molar-refractivity contribution in [2.24, 2.45) is 0 Å². The summed E-state index contributed by atoms with van der Waals surface area (Å²) in [6.45, 7) is 5.15. The van der Waals surface area contributed by atoms with Crippen LogP contribution in [0, 0.1) is 0 Å². The maximum atomic E-state index is 11.3. The van der Waals surface area contributed by atoms with Gasteiger partial charge in [0, 0.05) is 0 Å². The fourth-order valence-electron chi connectivity index (χ4n) is 1.50. The molecule has 1 rings (SSSR count). The van der Waals surface area contributed by atoms with E-state index in [9.17, 15) is 4.79 Å². The first kappa shape index (κ1) is 9.61. The lowest BCUT2D eigenvalue weighted by molar-refractivity contribution is -0.135. The Kier molecular flexibility index (Phi) is 3.17. The van der Waals surface area contributed by atoms with Crippen molar-refractivity contribution < 1.29 is 9.53 Å². The second-order valence-corrected chi connectivity index (χ2v) is 3.33. The topological polar surface area (TPSA) is 29.5 Å². The average molecular weight is 187 g/mol. The second kappa shape index (κ2) is 3.96. The molecule has 1 saturated heterocycles. The second-order valence-electron chi connectivity index (χ2n) is 3.10. The number of hydrogen-bond donors (Lipinski definition) is 0. The Morgan fingerprint density at radius 2 is 2.00 bits per heavy atom. The molecule has 0 aromatic rings. The van der Waals surface area contributed by atoms with Gasteiger partial charge in [-0.1, -0.05) is 12.2 Å². The van der Waals surface area contributed by atoms with Crippen molar-refractivity contribution in [1.29, 1.82) is 0 Å². The van der Waals surface area contributed by atoms with E-state index in [-0.39, 0.29) is 18.0 Å². The van der Waals surface area contributed by atoms with Gasteiger partial charge in [0.1, 0.15) is 0 Å². The zero-order valence-corrected chi connectivity index (χ0v) is 8.13. The van der Waals surface area contributed by atoms with Gasteiger partial charge in [0.15, 0.2) is 0 Å². The largest absolute Gasteiger partial charge is 0.377 e. The van der Waals surface area contributed by atoms with Crippen molar-refractivity contribution in [1.82, 2.24) is 4.90 Å². The highest BCUT2D eigenvalue weighted by atomic mass is 32.1. The zero-order valence-electron chi connectivity index (χ0n) is 7.32. The summed E-state index contributed by atoms with van der Waals surface area (Å²) in [5, 5.41) is 1.19. The number of nitrogens with zero attached hydrogens (tertiary/aromatic N) is 1. The van der Waals surface area contributed by atoms with Gasteiger partial charge < -0.3 is 9.64 Å². The van der Waals surface area contributed by atoms with Gasteiger partial charge in [-0.05, 0) is 13.8 Å². The summed E-state index contributed by atoms with van der Waals surface area (Å²) in [5.41, 5.74) is 0. The Hall–Kier alpha value is -0.480. The standard InChI is InChI=1S/C8H13NO2S/c1-6-3-11-4-7(2)9(6)8(10)5-12/h5-7H,3-4H2,1-2H3. The normalized spacial score (nSPS) is 30.0. The Balaban J connectivity index is 2.68. The minimum atomic E-state index is -0.0756. The van der Waals surface area contributed by atoms with Crippen LogP contribution in [-0.2, 0) is 9.53 Å². The van der Waals surface area contributed by atoms with Crippen LogP contribution in [0.15, 0.2) is 0 Å². The smallest absolute Gasteiger partial charge is 0.258 e. The Labute approximate surface area is 77.7 Å². The Morgan fingerprint density at radius 1 is 1.50 bits per heavy atom. The summed E-state index contributed by atoms with van der Waals surface area (Å²) in [4.78, 5) is 13.1. The molecular formula is C8H13NO2S. The number of carbonyl (C=O) groups excluding carboxylic acids is 1. The van der Waals surface area contributed by atoms with E-state index < -0.39 is 0 Å². The summed E-state index contributed by atoms with van der Waals surface area (Å²) < 4.78 is 5.28. The zero-order chi connectivity index (χ0) is 9.14. The minimum Gasteiger partial charge on any atom is -0.377 e. The summed E-state index contributed by atoms with van der Waals surface area (Å²) in [7, 11) is 0. The van der Waals surface area contributed by atoms with Gasteiger partial charge in [-0.15, -0.1) is 0 Å². The molecule has 1 aliphatic rings. The van der Waals surface area contributed by atoms with Crippen LogP contribution in [0.2, 0.25) is 0 Å². The molecule has 2 unspecified atom stereocenters. The van der Waals surface area contributed by atoms with Crippen LogP contribution in [0.4, 0.5) is 0 Å². The highest BCUT2D eigenvalue weighted by Crippen LogP contribution is 2.12. The van der Waals surface area contributed by atoms with Crippen LogP contribution in [0.3, 0.4) is 0 Å². The molecule has 12 heavy (non-hydrogen) atoms. The Morgan fingerprint density at radius 3 is 2.42 bits per heavy atom. The number of ether oxygens (including phenoxy) is 1.